The second kappa shape index (κ2) is 10.7. The molecule has 0 radical (unpaired) electrons. The zero-order valence-electron chi connectivity index (χ0n) is 17.6. The molecular weight excluding hydrogens is 398 g/mol. The van der Waals surface area contributed by atoms with E-state index in [4.69, 9.17) is 14.2 Å². The Labute approximate surface area is 181 Å². The van der Waals surface area contributed by atoms with Crippen LogP contribution in [0.5, 0.6) is 17.2 Å². The third kappa shape index (κ3) is 5.54. The van der Waals surface area contributed by atoms with Gasteiger partial charge in [0.05, 0.1) is 20.6 Å². The maximum absolute atomic E-state index is 12.9. The molecule has 0 saturated carbocycles. The van der Waals surface area contributed by atoms with Crippen molar-refractivity contribution in [1.29, 1.82) is 0 Å². The second-order valence-corrected chi connectivity index (χ2v) is 7.78. The van der Waals surface area contributed by atoms with E-state index in [2.05, 4.69) is 0 Å². The smallest absolute Gasteiger partial charge is 0.227 e. The molecule has 1 aromatic heterocycles. The summed E-state index contributed by atoms with van der Waals surface area (Å²) in [6, 6.07) is 17.5. The lowest BCUT2D eigenvalue weighted by atomic mass is 10.1. The molecule has 0 aliphatic carbocycles. The lowest BCUT2D eigenvalue weighted by molar-refractivity contribution is -0.130. The molecule has 2 aromatic carbocycles. The molecule has 0 aliphatic heterocycles. The number of benzene rings is 2. The van der Waals surface area contributed by atoms with Gasteiger partial charge < -0.3 is 19.1 Å². The summed E-state index contributed by atoms with van der Waals surface area (Å²) in [6.45, 7) is 3.61. The molecule has 1 amide bonds. The fourth-order valence-electron chi connectivity index (χ4n) is 3.19. The van der Waals surface area contributed by atoms with Crippen LogP contribution in [0.4, 0.5) is 0 Å². The normalized spacial score (nSPS) is 10.5. The molecule has 1 heterocycles. The highest BCUT2D eigenvalue weighted by molar-refractivity contribution is 7.09. The van der Waals surface area contributed by atoms with E-state index in [0.717, 1.165) is 21.8 Å². The van der Waals surface area contributed by atoms with Gasteiger partial charge >= 0.3 is 0 Å². The summed E-state index contributed by atoms with van der Waals surface area (Å²) in [7, 11) is 3.25. The minimum atomic E-state index is 0.0546. The van der Waals surface area contributed by atoms with E-state index >= 15 is 0 Å². The standard InChI is InChI=1S/C24H27NO4S/c1-4-25(24(26)15-19-8-5-6-10-21(19)27-2)16-18-11-12-22(23(14-18)28-3)29-17-20-9-7-13-30-20/h5-14H,4,15-17H2,1-3H3. The molecule has 0 atom stereocenters. The van der Waals surface area contributed by atoms with Crippen LogP contribution in [0.2, 0.25) is 0 Å². The highest BCUT2D eigenvalue weighted by Gasteiger charge is 2.16. The summed E-state index contributed by atoms with van der Waals surface area (Å²) < 4.78 is 16.8. The SMILES string of the molecule is CCN(Cc1ccc(OCc2cccs2)c(OC)c1)C(=O)Cc1ccccc1OC. The van der Waals surface area contributed by atoms with Gasteiger partial charge in [0.25, 0.3) is 0 Å². The van der Waals surface area contributed by atoms with Gasteiger partial charge in [-0.1, -0.05) is 30.3 Å². The number of amides is 1. The van der Waals surface area contributed by atoms with Gasteiger partial charge in [-0.2, -0.15) is 0 Å². The van der Waals surface area contributed by atoms with Crippen LogP contribution in [0.1, 0.15) is 22.9 Å². The Balaban J connectivity index is 1.67. The number of hydrogen-bond acceptors (Lipinski definition) is 5. The number of methoxy groups -OCH3 is 2. The molecule has 158 valence electrons. The summed E-state index contributed by atoms with van der Waals surface area (Å²) in [6.07, 6.45) is 0.303. The molecule has 0 N–H and O–H groups in total. The Bertz CT molecular complexity index is 956. The van der Waals surface area contributed by atoms with E-state index in [1.807, 2.05) is 71.8 Å². The van der Waals surface area contributed by atoms with Crippen molar-refractivity contribution in [3.05, 3.63) is 76.0 Å². The highest BCUT2D eigenvalue weighted by atomic mass is 32.1. The van der Waals surface area contributed by atoms with Gasteiger partial charge in [0.15, 0.2) is 11.5 Å². The van der Waals surface area contributed by atoms with Crippen molar-refractivity contribution in [1.82, 2.24) is 4.90 Å². The maximum atomic E-state index is 12.9. The van der Waals surface area contributed by atoms with E-state index in [1.54, 1.807) is 25.6 Å². The quantitative estimate of drug-likeness (QED) is 0.462. The summed E-state index contributed by atoms with van der Waals surface area (Å²) in [5.41, 5.74) is 1.88. The zero-order chi connectivity index (χ0) is 21.3. The molecule has 6 heteroatoms. The van der Waals surface area contributed by atoms with Crippen molar-refractivity contribution >= 4 is 17.2 Å². The van der Waals surface area contributed by atoms with Crippen molar-refractivity contribution in [2.24, 2.45) is 0 Å². The van der Waals surface area contributed by atoms with Gasteiger partial charge in [-0.05, 0) is 42.1 Å². The van der Waals surface area contributed by atoms with Crippen LogP contribution in [0, 0.1) is 0 Å². The monoisotopic (exact) mass is 425 g/mol. The van der Waals surface area contributed by atoms with Gasteiger partial charge in [0, 0.05) is 23.5 Å². The molecule has 3 aromatic rings. The average Bonchev–Trinajstić information content (AvgIpc) is 3.30. The molecule has 0 aliphatic rings. The van der Waals surface area contributed by atoms with Crippen LogP contribution in [-0.2, 0) is 24.4 Å². The number of carbonyl (C=O) groups excluding carboxylic acids is 1. The topological polar surface area (TPSA) is 48.0 Å². The Morgan fingerprint density at radius 1 is 0.967 bits per heavy atom. The number of rotatable bonds is 10. The number of hydrogen-bond donors (Lipinski definition) is 0. The number of thiophene rings is 1. The molecule has 0 saturated heterocycles. The van der Waals surface area contributed by atoms with Gasteiger partial charge in [-0.25, -0.2) is 0 Å². The number of ether oxygens (including phenoxy) is 3. The van der Waals surface area contributed by atoms with E-state index in [0.29, 0.717) is 37.6 Å². The van der Waals surface area contributed by atoms with Crippen LogP contribution >= 0.6 is 11.3 Å². The first-order chi connectivity index (χ1) is 14.6. The van der Waals surface area contributed by atoms with Crippen LogP contribution in [0.25, 0.3) is 0 Å². The van der Waals surface area contributed by atoms with Crippen molar-refractivity contribution in [3.8, 4) is 17.2 Å². The van der Waals surface area contributed by atoms with Crippen LogP contribution in [0.15, 0.2) is 60.0 Å². The van der Waals surface area contributed by atoms with Crippen molar-refractivity contribution in [3.63, 3.8) is 0 Å². The van der Waals surface area contributed by atoms with Crippen LogP contribution in [0.3, 0.4) is 0 Å². The zero-order valence-corrected chi connectivity index (χ0v) is 18.4. The second-order valence-electron chi connectivity index (χ2n) is 6.75. The van der Waals surface area contributed by atoms with Gasteiger partial charge in [-0.3, -0.25) is 4.79 Å². The Hall–Kier alpha value is -2.99. The highest BCUT2D eigenvalue weighted by Crippen LogP contribution is 2.30. The Morgan fingerprint density at radius 2 is 1.77 bits per heavy atom. The van der Waals surface area contributed by atoms with Gasteiger partial charge in [0.2, 0.25) is 5.91 Å². The van der Waals surface area contributed by atoms with Crippen molar-refractivity contribution in [2.45, 2.75) is 26.5 Å². The van der Waals surface area contributed by atoms with Crippen LogP contribution in [-0.4, -0.2) is 31.6 Å². The number of para-hydroxylation sites is 1. The minimum absolute atomic E-state index is 0.0546. The maximum Gasteiger partial charge on any atom is 0.227 e. The first-order valence-corrected chi connectivity index (χ1v) is 10.7. The molecule has 0 fully saturated rings. The number of nitrogens with zero attached hydrogens (tertiary/aromatic N) is 1. The van der Waals surface area contributed by atoms with Gasteiger partial charge in [0.1, 0.15) is 12.4 Å². The lowest BCUT2D eigenvalue weighted by Crippen LogP contribution is -2.31. The molecule has 5 nitrogen and oxygen atoms in total. The molecular formula is C24H27NO4S. The lowest BCUT2D eigenvalue weighted by Gasteiger charge is -2.22. The largest absolute Gasteiger partial charge is 0.496 e. The summed E-state index contributed by atoms with van der Waals surface area (Å²) in [5.74, 6) is 2.14. The molecule has 0 spiro atoms. The average molecular weight is 426 g/mol. The third-order valence-electron chi connectivity index (χ3n) is 4.82. The molecule has 3 rings (SSSR count). The minimum Gasteiger partial charge on any atom is -0.496 e. The van der Waals surface area contributed by atoms with Crippen molar-refractivity contribution < 1.29 is 19.0 Å². The van der Waals surface area contributed by atoms with Crippen LogP contribution < -0.4 is 14.2 Å². The van der Waals surface area contributed by atoms with E-state index < -0.39 is 0 Å². The molecule has 30 heavy (non-hydrogen) atoms. The summed E-state index contributed by atoms with van der Waals surface area (Å²) in [5, 5.41) is 2.03. The van der Waals surface area contributed by atoms with E-state index in [1.165, 1.54) is 0 Å². The predicted octanol–water partition coefficient (Wildman–Crippen LogP) is 4.94. The summed E-state index contributed by atoms with van der Waals surface area (Å²) >= 11 is 1.66. The van der Waals surface area contributed by atoms with E-state index in [-0.39, 0.29) is 5.91 Å². The number of likely N-dealkylation sites (N-methyl/N-ethyl adjacent to an activating group) is 1. The Morgan fingerprint density at radius 3 is 2.47 bits per heavy atom. The third-order valence-corrected chi connectivity index (χ3v) is 5.67. The first-order valence-electron chi connectivity index (χ1n) is 9.86. The fraction of sp³-hybridized carbons (Fsp3) is 0.292. The first kappa shape index (κ1) is 21.7. The van der Waals surface area contributed by atoms with Crippen molar-refractivity contribution in [2.75, 3.05) is 20.8 Å². The fourth-order valence-corrected chi connectivity index (χ4v) is 3.81. The molecule has 0 unspecified atom stereocenters. The Kier molecular flexibility index (Phi) is 7.74. The van der Waals surface area contributed by atoms with Gasteiger partial charge in [-0.15, -0.1) is 11.3 Å². The summed E-state index contributed by atoms with van der Waals surface area (Å²) in [4.78, 5) is 15.9. The molecule has 0 bridgehead atoms. The van der Waals surface area contributed by atoms with E-state index in [9.17, 15) is 4.79 Å². The predicted molar refractivity (Wildman–Crippen MR) is 119 cm³/mol. The number of carbonyl (C=O) groups is 1.